The predicted octanol–water partition coefficient (Wildman–Crippen LogP) is 4.98. The van der Waals surface area contributed by atoms with Crippen molar-refractivity contribution in [3.05, 3.63) is 0 Å². The van der Waals surface area contributed by atoms with Crippen LogP contribution in [-0.2, 0) is 0 Å². The highest BCUT2D eigenvalue weighted by Gasteiger charge is 2.25. The molecule has 15 heavy (non-hydrogen) atoms. The van der Waals surface area contributed by atoms with Crippen molar-refractivity contribution in [1.29, 1.82) is 0 Å². The van der Waals surface area contributed by atoms with Crippen molar-refractivity contribution in [2.45, 2.75) is 71.9 Å². The van der Waals surface area contributed by atoms with Gasteiger partial charge in [-0.05, 0) is 37.0 Å². The zero-order valence-corrected chi connectivity index (χ0v) is 10.6. The van der Waals surface area contributed by atoms with Crippen LogP contribution in [0.1, 0.15) is 65.7 Å². The summed E-state index contributed by atoms with van der Waals surface area (Å²) in [5.74, 6) is 1.95. The van der Waals surface area contributed by atoms with E-state index >= 15 is 0 Å². The summed E-state index contributed by atoms with van der Waals surface area (Å²) in [6, 6.07) is 0. The van der Waals surface area contributed by atoms with E-state index in [0.717, 1.165) is 37.5 Å². The Morgan fingerprint density at radius 1 is 1.13 bits per heavy atom. The van der Waals surface area contributed by atoms with Crippen molar-refractivity contribution in [1.82, 2.24) is 0 Å². The molecular weight excluding hydrogens is 187 g/mol. The first-order chi connectivity index (χ1) is 7.15. The van der Waals surface area contributed by atoms with E-state index < -0.39 is 6.17 Å². The van der Waals surface area contributed by atoms with Gasteiger partial charge in [-0.1, -0.05) is 46.5 Å². The Morgan fingerprint density at radius 3 is 2.40 bits per heavy atom. The van der Waals surface area contributed by atoms with Gasteiger partial charge in [0.1, 0.15) is 6.17 Å². The summed E-state index contributed by atoms with van der Waals surface area (Å²) in [6.07, 6.45) is 7.42. The summed E-state index contributed by atoms with van der Waals surface area (Å²) in [5.41, 5.74) is 0. The first kappa shape index (κ1) is 13.0. The lowest BCUT2D eigenvalue weighted by Gasteiger charge is -2.28. The molecule has 4 atom stereocenters. The molecule has 1 aliphatic rings. The minimum absolute atomic E-state index is 0.380. The Balaban J connectivity index is 2.23. The highest BCUT2D eigenvalue weighted by atomic mass is 19.1. The molecule has 0 spiro atoms. The summed E-state index contributed by atoms with van der Waals surface area (Å²) in [4.78, 5) is 0. The number of hydrogen-bond donors (Lipinski definition) is 0. The Morgan fingerprint density at radius 2 is 1.80 bits per heavy atom. The average molecular weight is 214 g/mol. The van der Waals surface area contributed by atoms with Gasteiger partial charge in [0, 0.05) is 0 Å². The number of rotatable bonds is 5. The van der Waals surface area contributed by atoms with Crippen LogP contribution in [0.15, 0.2) is 0 Å². The third-order valence-corrected chi connectivity index (χ3v) is 4.42. The molecule has 0 N–H and O–H groups in total. The fourth-order valence-electron chi connectivity index (χ4n) is 2.65. The Kier molecular flexibility index (Phi) is 5.63. The molecule has 0 radical (unpaired) electrons. The number of halogens is 1. The smallest absolute Gasteiger partial charge is 0.103 e. The first-order valence-electron chi connectivity index (χ1n) is 6.79. The van der Waals surface area contributed by atoms with E-state index in [-0.39, 0.29) is 0 Å². The third kappa shape index (κ3) is 4.12. The fraction of sp³-hybridized carbons (Fsp3) is 1.00. The minimum Gasteiger partial charge on any atom is -0.247 e. The average Bonchev–Trinajstić information content (AvgIpc) is 2.26. The van der Waals surface area contributed by atoms with Crippen molar-refractivity contribution in [3.8, 4) is 0 Å². The number of alkyl halides is 1. The molecule has 1 aliphatic carbocycles. The zero-order valence-electron chi connectivity index (χ0n) is 10.6. The standard InChI is InChI=1S/C14H27F/c1-4-11(2)12(3)9-10-13-7-5-6-8-14(13)15/h11-14H,4-10H2,1-3H3/t11-,12-,13-,14?/m1/s1. The van der Waals surface area contributed by atoms with E-state index in [1.807, 2.05) is 0 Å². The van der Waals surface area contributed by atoms with Crippen molar-refractivity contribution in [2.75, 3.05) is 0 Å². The molecular formula is C14H27F. The van der Waals surface area contributed by atoms with Gasteiger partial charge >= 0.3 is 0 Å². The van der Waals surface area contributed by atoms with Crippen LogP contribution >= 0.6 is 0 Å². The van der Waals surface area contributed by atoms with Crippen LogP contribution < -0.4 is 0 Å². The molecule has 0 amide bonds. The molecule has 1 fully saturated rings. The van der Waals surface area contributed by atoms with Gasteiger partial charge in [-0.15, -0.1) is 0 Å². The van der Waals surface area contributed by atoms with Crippen LogP contribution in [0.2, 0.25) is 0 Å². The Bertz CT molecular complexity index is 167. The minimum atomic E-state index is -0.497. The van der Waals surface area contributed by atoms with Gasteiger partial charge in [0.25, 0.3) is 0 Å². The maximum atomic E-state index is 13.6. The van der Waals surface area contributed by atoms with Crippen molar-refractivity contribution < 1.29 is 4.39 Å². The van der Waals surface area contributed by atoms with Gasteiger partial charge in [0.05, 0.1) is 0 Å². The van der Waals surface area contributed by atoms with Crippen LogP contribution in [0.3, 0.4) is 0 Å². The van der Waals surface area contributed by atoms with Gasteiger partial charge in [-0.3, -0.25) is 0 Å². The molecule has 0 nitrogen and oxygen atoms in total. The predicted molar refractivity (Wildman–Crippen MR) is 64.7 cm³/mol. The van der Waals surface area contributed by atoms with Crippen LogP contribution in [-0.4, -0.2) is 6.17 Å². The van der Waals surface area contributed by atoms with Crippen molar-refractivity contribution in [3.63, 3.8) is 0 Å². The molecule has 0 saturated heterocycles. The number of hydrogen-bond acceptors (Lipinski definition) is 0. The van der Waals surface area contributed by atoms with E-state index in [2.05, 4.69) is 20.8 Å². The summed E-state index contributed by atoms with van der Waals surface area (Å²) >= 11 is 0. The maximum absolute atomic E-state index is 13.6. The van der Waals surface area contributed by atoms with E-state index in [1.54, 1.807) is 0 Å². The highest BCUT2D eigenvalue weighted by Crippen LogP contribution is 2.32. The van der Waals surface area contributed by atoms with Crippen LogP contribution in [0.25, 0.3) is 0 Å². The van der Waals surface area contributed by atoms with E-state index in [9.17, 15) is 4.39 Å². The van der Waals surface area contributed by atoms with Gasteiger partial charge in [-0.2, -0.15) is 0 Å². The van der Waals surface area contributed by atoms with Crippen LogP contribution in [0.4, 0.5) is 4.39 Å². The maximum Gasteiger partial charge on any atom is 0.103 e. The Hall–Kier alpha value is -0.0700. The molecule has 90 valence electrons. The SMILES string of the molecule is CC[C@@H](C)[C@H](C)CC[C@H]1CCCCC1F. The second-order valence-electron chi connectivity index (χ2n) is 5.50. The summed E-state index contributed by atoms with van der Waals surface area (Å²) in [7, 11) is 0. The molecule has 0 aliphatic heterocycles. The lowest BCUT2D eigenvalue weighted by molar-refractivity contribution is 0.146. The molecule has 0 heterocycles. The van der Waals surface area contributed by atoms with Gasteiger partial charge in [0.15, 0.2) is 0 Å². The molecule has 1 saturated carbocycles. The topological polar surface area (TPSA) is 0 Å². The van der Waals surface area contributed by atoms with Crippen molar-refractivity contribution in [2.24, 2.45) is 17.8 Å². The van der Waals surface area contributed by atoms with Crippen LogP contribution in [0, 0.1) is 17.8 Å². The molecule has 0 aromatic carbocycles. The van der Waals surface area contributed by atoms with E-state index in [4.69, 9.17) is 0 Å². The van der Waals surface area contributed by atoms with E-state index in [1.165, 1.54) is 19.3 Å². The van der Waals surface area contributed by atoms with Crippen molar-refractivity contribution >= 4 is 0 Å². The molecule has 1 unspecified atom stereocenters. The first-order valence-corrected chi connectivity index (χ1v) is 6.79. The monoisotopic (exact) mass is 214 g/mol. The second-order valence-corrected chi connectivity index (χ2v) is 5.50. The lowest BCUT2D eigenvalue weighted by Crippen LogP contribution is -2.21. The van der Waals surface area contributed by atoms with Gasteiger partial charge in [-0.25, -0.2) is 4.39 Å². The van der Waals surface area contributed by atoms with Crippen LogP contribution in [0.5, 0.6) is 0 Å². The zero-order chi connectivity index (χ0) is 11.3. The second kappa shape index (κ2) is 6.50. The Labute approximate surface area is 94.6 Å². The molecule has 0 aromatic rings. The molecule has 0 bridgehead atoms. The summed E-state index contributed by atoms with van der Waals surface area (Å²) in [6.45, 7) is 6.89. The summed E-state index contributed by atoms with van der Waals surface area (Å²) in [5, 5.41) is 0. The van der Waals surface area contributed by atoms with Gasteiger partial charge in [0.2, 0.25) is 0 Å². The fourth-order valence-corrected chi connectivity index (χ4v) is 2.65. The van der Waals surface area contributed by atoms with Gasteiger partial charge < -0.3 is 0 Å². The molecule has 1 heteroatoms. The van der Waals surface area contributed by atoms with E-state index in [0.29, 0.717) is 5.92 Å². The largest absolute Gasteiger partial charge is 0.247 e. The lowest BCUT2D eigenvalue weighted by atomic mass is 9.80. The highest BCUT2D eigenvalue weighted by molar-refractivity contribution is 4.76. The third-order valence-electron chi connectivity index (χ3n) is 4.42. The quantitative estimate of drug-likeness (QED) is 0.605. The normalized spacial score (nSPS) is 31.2. The molecule has 1 rings (SSSR count). The molecule has 0 aromatic heterocycles. The summed E-state index contributed by atoms with van der Waals surface area (Å²) < 4.78 is 13.6.